The summed E-state index contributed by atoms with van der Waals surface area (Å²) in [6.07, 6.45) is -1.18. The van der Waals surface area contributed by atoms with Crippen molar-refractivity contribution < 1.29 is 32.3 Å². The first-order valence-corrected chi connectivity index (χ1v) is 13.6. The Morgan fingerprint density at radius 3 is 2.63 bits per heavy atom. The number of hydrogen-bond donors (Lipinski definition) is 4. The smallest absolute Gasteiger partial charge is 0.345 e. The molecule has 3 heterocycles. The minimum atomic E-state index is -3.07. The van der Waals surface area contributed by atoms with Crippen molar-refractivity contribution in [1.82, 2.24) is 15.5 Å². The lowest BCUT2D eigenvalue weighted by Gasteiger charge is -2.25. The number of furan rings is 1. The molecule has 1 saturated heterocycles. The molecule has 1 fully saturated rings. The van der Waals surface area contributed by atoms with Crippen molar-refractivity contribution in [3.8, 4) is 0 Å². The molecule has 3 atom stereocenters. The number of nitrogens with one attached hydrogen (secondary N) is 3. The minimum absolute atomic E-state index is 0.106. The number of ether oxygens (including phenoxy) is 1. The van der Waals surface area contributed by atoms with Crippen LogP contribution in [0.5, 0.6) is 0 Å². The van der Waals surface area contributed by atoms with Crippen LogP contribution in [-0.4, -0.2) is 60.3 Å². The van der Waals surface area contributed by atoms with Crippen LogP contribution in [0, 0.1) is 5.41 Å². The highest BCUT2D eigenvalue weighted by atomic mass is 32.1. The van der Waals surface area contributed by atoms with E-state index in [0.29, 0.717) is 22.3 Å². The summed E-state index contributed by atoms with van der Waals surface area (Å²) >= 11 is 1.30. The van der Waals surface area contributed by atoms with E-state index in [-0.39, 0.29) is 18.8 Å². The number of carbonyl (C=O) groups excluding carboxylic acids is 3. The Morgan fingerprint density at radius 1 is 1.15 bits per heavy atom. The van der Waals surface area contributed by atoms with Gasteiger partial charge in [0.15, 0.2) is 0 Å². The molecule has 10 nitrogen and oxygen atoms in total. The average molecular weight is 584 g/mol. The topological polar surface area (TPSA) is 151 Å². The van der Waals surface area contributed by atoms with E-state index in [1.807, 2.05) is 24.3 Å². The largest absolute Gasteiger partial charge is 0.456 e. The van der Waals surface area contributed by atoms with Crippen molar-refractivity contribution >= 4 is 56.8 Å². The van der Waals surface area contributed by atoms with Gasteiger partial charge in [-0.05, 0) is 37.3 Å². The van der Waals surface area contributed by atoms with Crippen molar-refractivity contribution in [2.24, 2.45) is 5.73 Å². The molecule has 0 saturated carbocycles. The molecular weight excluding hydrogens is 556 g/mol. The van der Waals surface area contributed by atoms with Gasteiger partial charge in [-0.15, -0.1) is 11.3 Å². The van der Waals surface area contributed by atoms with Crippen molar-refractivity contribution in [3.05, 3.63) is 69.9 Å². The van der Waals surface area contributed by atoms with E-state index in [0.717, 1.165) is 20.5 Å². The number of amides is 3. The van der Waals surface area contributed by atoms with Crippen LogP contribution in [0.25, 0.3) is 21.9 Å². The second-order valence-electron chi connectivity index (χ2n) is 9.69. The number of nitrogens with two attached hydrogens (primary N) is 1. The standard InChI is InChI=1S/C28H27F2N5O5S/c1-14(23-9-16(13-41-23)25(31)32)34-27(38)20-10-17(39-28(29)30)12-35(20)24(36)11-33-26(37)15-6-7-22-19(8-15)18-4-2-3-5-21(18)40-22/h2-9,13-14,17,20,28H,10-12H2,1H3,(H3,31,32)(H,33,37)(H,34,38)/t14-,17-,20?/m1/s1. The lowest BCUT2D eigenvalue weighted by molar-refractivity contribution is -0.160. The second kappa shape index (κ2) is 11.6. The monoisotopic (exact) mass is 583 g/mol. The number of rotatable bonds is 9. The molecule has 41 heavy (non-hydrogen) atoms. The zero-order valence-electron chi connectivity index (χ0n) is 21.9. The average Bonchev–Trinajstić information content (AvgIpc) is 3.68. The summed E-state index contributed by atoms with van der Waals surface area (Å²) in [6.45, 7) is -2.02. The van der Waals surface area contributed by atoms with Gasteiger partial charge in [-0.1, -0.05) is 18.2 Å². The van der Waals surface area contributed by atoms with Gasteiger partial charge in [0, 0.05) is 45.1 Å². The quantitative estimate of drug-likeness (QED) is 0.174. The Morgan fingerprint density at radius 2 is 1.90 bits per heavy atom. The molecule has 214 valence electrons. The Kier molecular flexibility index (Phi) is 7.99. The predicted octanol–water partition coefficient (Wildman–Crippen LogP) is 3.75. The highest BCUT2D eigenvalue weighted by Gasteiger charge is 2.41. The molecular formula is C28H27F2N5O5S. The summed E-state index contributed by atoms with van der Waals surface area (Å²) in [7, 11) is 0. The normalized spacial score (nSPS) is 17.7. The summed E-state index contributed by atoms with van der Waals surface area (Å²) in [4.78, 5) is 41.1. The number of nitrogen functional groups attached to an aromatic ring is 1. The number of carbonyl (C=O) groups is 3. The molecule has 0 radical (unpaired) electrons. The van der Waals surface area contributed by atoms with E-state index >= 15 is 0 Å². The molecule has 13 heteroatoms. The number of nitrogens with zero attached hydrogens (tertiary/aromatic N) is 1. The third kappa shape index (κ3) is 6.05. The van der Waals surface area contributed by atoms with Gasteiger partial charge >= 0.3 is 6.61 Å². The van der Waals surface area contributed by atoms with Crippen LogP contribution >= 0.6 is 11.3 Å². The van der Waals surface area contributed by atoms with Crippen LogP contribution in [0.2, 0.25) is 0 Å². The molecule has 4 aromatic rings. The molecule has 3 amide bonds. The zero-order chi connectivity index (χ0) is 29.3. The zero-order valence-corrected chi connectivity index (χ0v) is 22.7. The van der Waals surface area contributed by atoms with E-state index in [1.54, 1.807) is 36.6 Å². The number of halogens is 2. The van der Waals surface area contributed by atoms with Crippen LogP contribution < -0.4 is 16.4 Å². The number of alkyl halides is 2. The van der Waals surface area contributed by atoms with E-state index < -0.39 is 49.1 Å². The van der Waals surface area contributed by atoms with Crippen molar-refractivity contribution in [3.63, 3.8) is 0 Å². The minimum Gasteiger partial charge on any atom is -0.456 e. The molecule has 2 aromatic carbocycles. The van der Waals surface area contributed by atoms with Gasteiger partial charge in [0.05, 0.1) is 18.7 Å². The van der Waals surface area contributed by atoms with Gasteiger partial charge in [-0.25, -0.2) is 0 Å². The Labute approximate surface area is 236 Å². The van der Waals surface area contributed by atoms with Crippen molar-refractivity contribution in [1.29, 1.82) is 5.41 Å². The molecule has 1 aliphatic heterocycles. The van der Waals surface area contributed by atoms with Gasteiger partial charge < -0.3 is 30.4 Å². The maximum Gasteiger partial charge on any atom is 0.345 e. The number of hydrogen-bond acceptors (Lipinski definition) is 7. The molecule has 0 bridgehead atoms. The summed E-state index contributed by atoms with van der Waals surface area (Å²) in [5.74, 6) is -1.78. The lowest BCUT2D eigenvalue weighted by Crippen LogP contribution is -2.49. The SMILES string of the molecule is C[C@@H](NC(=O)C1C[C@@H](OC(F)F)CN1C(=O)CNC(=O)c1ccc2oc3ccccc3c2c1)c1cc(C(=N)N)cs1. The Hall–Kier alpha value is -4.36. The number of likely N-dealkylation sites (tertiary alicyclic amines) is 1. The Bertz CT molecular complexity index is 1640. The maximum atomic E-state index is 13.2. The van der Waals surface area contributed by atoms with Crippen LogP contribution in [0.3, 0.4) is 0 Å². The van der Waals surface area contributed by atoms with Gasteiger partial charge in [0.2, 0.25) is 11.8 Å². The maximum absolute atomic E-state index is 13.2. The summed E-state index contributed by atoms with van der Waals surface area (Å²) in [6, 6.07) is 12.4. The first-order valence-electron chi connectivity index (χ1n) is 12.8. The van der Waals surface area contributed by atoms with E-state index in [2.05, 4.69) is 15.4 Å². The number of amidine groups is 1. The van der Waals surface area contributed by atoms with E-state index in [4.69, 9.17) is 15.6 Å². The molecule has 1 unspecified atom stereocenters. The first kappa shape index (κ1) is 28.2. The highest BCUT2D eigenvalue weighted by molar-refractivity contribution is 7.10. The summed E-state index contributed by atoms with van der Waals surface area (Å²) in [5, 5.41) is 16.2. The first-order chi connectivity index (χ1) is 19.6. The molecule has 5 rings (SSSR count). The van der Waals surface area contributed by atoms with Gasteiger partial charge in [0.1, 0.15) is 23.0 Å². The second-order valence-corrected chi connectivity index (χ2v) is 10.6. The van der Waals surface area contributed by atoms with Gasteiger partial charge in [-0.2, -0.15) is 8.78 Å². The van der Waals surface area contributed by atoms with E-state index in [9.17, 15) is 23.2 Å². The molecule has 1 aliphatic rings. The van der Waals surface area contributed by atoms with Crippen LogP contribution in [0.15, 0.2) is 58.3 Å². The molecule has 0 spiro atoms. The van der Waals surface area contributed by atoms with Crippen LogP contribution in [0.4, 0.5) is 8.78 Å². The van der Waals surface area contributed by atoms with Gasteiger partial charge in [0.25, 0.3) is 5.91 Å². The van der Waals surface area contributed by atoms with Gasteiger partial charge in [-0.3, -0.25) is 19.8 Å². The van der Waals surface area contributed by atoms with Crippen molar-refractivity contribution in [2.75, 3.05) is 13.1 Å². The number of para-hydroxylation sites is 1. The molecule has 2 aromatic heterocycles. The lowest BCUT2D eigenvalue weighted by atomic mass is 10.1. The number of thiophene rings is 1. The Balaban J connectivity index is 1.26. The van der Waals surface area contributed by atoms with Crippen molar-refractivity contribution in [2.45, 2.75) is 38.1 Å². The summed E-state index contributed by atoms with van der Waals surface area (Å²) < 4.78 is 36.3. The van der Waals surface area contributed by atoms with Crippen LogP contribution in [0.1, 0.15) is 40.2 Å². The third-order valence-corrected chi connectivity index (χ3v) is 8.05. The number of fused-ring (bicyclic) bond motifs is 3. The van der Waals surface area contributed by atoms with Crippen LogP contribution in [-0.2, 0) is 14.3 Å². The molecule has 0 aliphatic carbocycles. The highest BCUT2D eigenvalue weighted by Crippen LogP contribution is 2.29. The fraction of sp³-hybridized carbons (Fsp3) is 0.286. The molecule has 5 N–H and O–H groups in total. The predicted molar refractivity (Wildman–Crippen MR) is 149 cm³/mol. The third-order valence-electron chi connectivity index (χ3n) is 6.94. The summed E-state index contributed by atoms with van der Waals surface area (Å²) in [5.41, 5.74) is 7.63. The fourth-order valence-electron chi connectivity index (χ4n) is 4.89. The number of benzene rings is 2. The van der Waals surface area contributed by atoms with E-state index in [1.165, 1.54) is 11.3 Å². The fourth-order valence-corrected chi connectivity index (χ4v) is 5.81.